The number of anilines is 1. The van der Waals surface area contributed by atoms with Gasteiger partial charge >= 0.3 is 6.09 Å². The number of ether oxygens (including phenoxy) is 2. The third-order valence-corrected chi connectivity index (χ3v) is 5.35. The molecule has 0 saturated carbocycles. The third kappa shape index (κ3) is 7.75. The summed E-state index contributed by atoms with van der Waals surface area (Å²) in [6.45, 7) is 6.75. The molecule has 1 aromatic rings. The van der Waals surface area contributed by atoms with Crippen LogP contribution in [0.15, 0.2) is 24.3 Å². The maximum absolute atomic E-state index is 13.1. The van der Waals surface area contributed by atoms with Gasteiger partial charge < -0.3 is 19.7 Å². The molecular formula is C18H28FN5O5S. The lowest BCUT2D eigenvalue weighted by Gasteiger charge is -2.33. The van der Waals surface area contributed by atoms with Crippen LogP contribution in [-0.4, -0.2) is 80.0 Å². The molecule has 12 heteroatoms. The predicted octanol–water partition coefficient (Wildman–Crippen LogP) is 1.32. The van der Waals surface area contributed by atoms with Crippen molar-refractivity contribution in [2.45, 2.75) is 26.4 Å². The molecule has 0 aliphatic carbocycles. The number of amides is 1. The van der Waals surface area contributed by atoms with Crippen LogP contribution in [0.3, 0.4) is 0 Å². The quantitative estimate of drug-likeness (QED) is 0.668. The van der Waals surface area contributed by atoms with Crippen LogP contribution >= 0.6 is 0 Å². The summed E-state index contributed by atoms with van der Waals surface area (Å²) in [5.41, 5.74) is -0.432. The van der Waals surface area contributed by atoms with Crippen LogP contribution in [0.4, 0.5) is 15.1 Å². The molecule has 2 heterocycles. The van der Waals surface area contributed by atoms with Crippen molar-refractivity contribution in [1.82, 2.24) is 19.6 Å². The summed E-state index contributed by atoms with van der Waals surface area (Å²) in [5, 5.41) is 2.46. The van der Waals surface area contributed by atoms with Crippen molar-refractivity contribution in [3.05, 3.63) is 24.3 Å². The fourth-order valence-electron chi connectivity index (χ4n) is 2.56. The molecule has 30 heavy (non-hydrogen) atoms. The fourth-order valence-corrected chi connectivity index (χ4v) is 3.39. The molecule has 1 fully saturated rings. The van der Waals surface area contributed by atoms with Gasteiger partial charge in [-0.2, -0.15) is 4.31 Å². The molecule has 1 aliphatic heterocycles. The molecule has 10 nitrogen and oxygen atoms in total. The number of nitrogens with zero attached hydrogens (tertiary/aromatic N) is 4. The van der Waals surface area contributed by atoms with Crippen LogP contribution in [0.1, 0.15) is 20.8 Å². The summed E-state index contributed by atoms with van der Waals surface area (Å²) in [5.74, 6) is 0.800. The monoisotopic (exact) mass is 445 g/mol. The molecule has 0 bridgehead atoms. The summed E-state index contributed by atoms with van der Waals surface area (Å²) in [4.78, 5) is 22.0. The van der Waals surface area contributed by atoms with Gasteiger partial charge in [0.2, 0.25) is 16.0 Å². The van der Waals surface area contributed by atoms with Gasteiger partial charge in [0.25, 0.3) is 0 Å². The number of halogens is 1. The number of aromatic nitrogens is 2. The third-order valence-electron chi connectivity index (χ3n) is 4.04. The molecule has 168 valence electrons. The van der Waals surface area contributed by atoms with Crippen molar-refractivity contribution >= 4 is 22.1 Å². The Hall–Kier alpha value is -2.47. The summed E-state index contributed by atoms with van der Waals surface area (Å²) < 4.78 is 48.2. The van der Waals surface area contributed by atoms with Gasteiger partial charge in [0.15, 0.2) is 5.75 Å². The largest absolute Gasteiger partial charge is 0.486 e. The van der Waals surface area contributed by atoms with E-state index in [-0.39, 0.29) is 18.7 Å². The Morgan fingerprint density at radius 3 is 2.33 bits per heavy atom. The number of carbonyl (C=O) groups is 1. The van der Waals surface area contributed by atoms with Crippen LogP contribution in [0.5, 0.6) is 5.75 Å². The molecule has 2 rings (SSSR count). The second-order valence-corrected chi connectivity index (χ2v) is 9.76. The van der Waals surface area contributed by atoms with E-state index in [1.807, 2.05) is 4.90 Å². The van der Waals surface area contributed by atoms with E-state index in [0.29, 0.717) is 44.2 Å². The summed E-state index contributed by atoms with van der Waals surface area (Å²) in [6.07, 6.45) is 3.83. The Kier molecular flexibility index (Phi) is 7.96. The Morgan fingerprint density at radius 1 is 1.23 bits per heavy atom. The first-order chi connectivity index (χ1) is 14.0. The van der Waals surface area contributed by atoms with Gasteiger partial charge in [-0.25, -0.2) is 27.6 Å². The Labute approximate surface area is 176 Å². The lowest BCUT2D eigenvalue weighted by atomic mass is 10.2. The molecule has 1 aliphatic rings. The molecule has 1 N–H and O–H groups in total. The minimum atomic E-state index is -3.20. The predicted molar refractivity (Wildman–Crippen MR) is 110 cm³/mol. The zero-order valence-corrected chi connectivity index (χ0v) is 18.4. The Balaban J connectivity index is 1.81. The van der Waals surface area contributed by atoms with E-state index < -0.39 is 21.7 Å². The molecule has 1 amide bonds. The van der Waals surface area contributed by atoms with Gasteiger partial charge in [-0.3, -0.25) is 0 Å². The molecule has 0 spiro atoms. The second-order valence-electron chi connectivity index (χ2n) is 7.78. The van der Waals surface area contributed by atoms with Gasteiger partial charge in [-0.05, 0) is 20.8 Å². The molecule has 0 atom stereocenters. The van der Waals surface area contributed by atoms with Crippen molar-refractivity contribution in [1.29, 1.82) is 0 Å². The normalized spacial score (nSPS) is 16.3. The average Bonchev–Trinajstić information content (AvgIpc) is 2.66. The van der Waals surface area contributed by atoms with Crippen molar-refractivity contribution < 1.29 is 27.1 Å². The highest BCUT2D eigenvalue weighted by molar-refractivity contribution is 7.88. The lowest BCUT2D eigenvalue weighted by molar-refractivity contribution is 0.0531. The van der Waals surface area contributed by atoms with Gasteiger partial charge in [-0.1, -0.05) is 0 Å². The van der Waals surface area contributed by atoms with Crippen molar-refractivity contribution in [3.63, 3.8) is 0 Å². The van der Waals surface area contributed by atoms with E-state index in [9.17, 15) is 17.6 Å². The Bertz CT molecular complexity index is 847. The van der Waals surface area contributed by atoms with Gasteiger partial charge in [0.05, 0.1) is 25.0 Å². The van der Waals surface area contributed by atoms with Gasteiger partial charge in [-0.15, -0.1) is 0 Å². The number of carbonyl (C=O) groups excluding carboxylic acids is 1. The van der Waals surface area contributed by atoms with E-state index in [2.05, 4.69) is 15.3 Å². The molecule has 0 radical (unpaired) electrons. The summed E-state index contributed by atoms with van der Waals surface area (Å²) in [6, 6.07) is 0. The number of piperazine rings is 1. The van der Waals surface area contributed by atoms with E-state index in [1.54, 1.807) is 20.8 Å². The van der Waals surface area contributed by atoms with Gasteiger partial charge in [0, 0.05) is 38.3 Å². The number of hydrogen-bond donors (Lipinski definition) is 1. The van der Waals surface area contributed by atoms with Crippen LogP contribution in [0.2, 0.25) is 0 Å². The number of nitrogens with one attached hydrogen (secondary N) is 1. The minimum absolute atomic E-state index is 0.0605. The standard InChI is InChI=1S/C18H28FN5O5S/c1-18(2,3)29-17(25)22-10-14(9-19)13-28-15-11-20-16(21-12-15)23-5-7-24(8-6-23)30(4,26)27/h9,11-12H,5-8,10,13H2,1-4H3,(H,22,25)/b14-9+. The van der Waals surface area contributed by atoms with Crippen LogP contribution in [0, 0.1) is 0 Å². The van der Waals surface area contributed by atoms with E-state index in [1.165, 1.54) is 23.0 Å². The van der Waals surface area contributed by atoms with E-state index >= 15 is 0 Å². The van der Waals surface area contributed by atoms with Crippen LogP contribution in [0.25, 0.3) is 0 Å². The van der Waals surface area contributed by atoms with E-state index in [0.717, 1.165) is 0 Å². The molecular weight excluding hydrogens is 417 g/mol. The smallest absolute Gasteiger partial charge is 0.407 e. The number of hydrogen-bond acceptors (Lipinski definition) is 8. The molecule has 1 saturated heterocycles. The second kappa shape index (κ2) is 10.0. The van der Waals surface area contributed by atoms with Crippen molar-refractivity contribution in [2.75, 3.05) is 50.5 Å². The minimum Gasteiger partial charge on any atom is -0.486 e. The molecule has 0 unspecified atom stereocenters. The topological polar surface area (TPSA) is 114 Å². The zero-order valence-electron chi connectivity index (χ0n) is 17.6. The highest BCUT2D eigenvalue weighted by atomic mass is 32.2. The number of rotatable bonds is 7. The highest BCUT2D eigenvalue weighted by Gasteiger charge is 2.24. The summed E-state index contributed by atoms with van der Waals surface area (Å²) >= 11 is 0. The SMILES string of the molecule is CC(C)(C)OC(=O)NC/C(=C\F)COc1cnc(N2CCN(S(C)(=O)=O)CC2)nc1. The highest BCUT2D eigenvalue weighted by Crippen LogP contribution is 2.16. The first-order valence-electron chi connectivity index (χ1n) is 9.38. The zero-order chi connectivity index (χ0) is 22.4. The average molecular weight is 446 g/mol. The van der Waals surface area contributed by atoms with Crippen molar-refractivity contribution in [3.8, 4) is 5.75 Å². The molecule has 0 aromatic carbocycles. The van der Waals surface area contributed by atoms with Crippen LogP contribution < -0.4 is 15.0 Å². The number of sulfonamides is 1. The van der Waals surface area contributed by atoms with Crippen LogP contribution in [-0.2, 0) is 14.8 Å². The lowest BCUT2D eigenvalue weighted by Crippen LogP contribution is -2.48. The van der Waals surface area contributed by atoms with E-state index in [4.69, 9.17) is 9.47 Å². The fraction of sp³-hybridized carbons (Fsp3) is 0.611. The first-order valence-corrected chi connectivity index (χ1v) is 11.2. The van der Waals surface area contributed by atoms with Crippen molar-refractivity contribution in [2.24, 2.45) is 0 Å². The maximum atomic E-state index is 13.1. The van der Waals surface area contributed by atoms with Gasteiger partial charge in [0.1, 0.15) is 12.2 Å². The summed E-state index contributed by atoms with van der Waals surface area (Å²) in [7, 11) is -3.20. The molecule has 1 aromatic heterocycles. The number of alkyl carbamates (subject to hydrolysis) is 1. The Morgan fingerprint density at radius 2 is 1.83 bits per heavy atom. The first kappa shape index (κ1) is 23.8. The maximum Gasteiger partial charge on any atom is 0.407 e.